The summed E-state index contributed by atoms with van der Waals surface area (Å²) in [4.78, 5) is 24.7. The molecule has 1 atom stereocenters. The topological polar surface area (TPSA) is 125 Å². The third-order valence-electron chi connectivity index (χ3n) is 4.53. The lowest BCUT2D eigenvalue weighted by Gasteiger charge is -2.15. The lowest BCUT2D eigenvalue weighted by molar-refractivity contribution is -0.123. The number of carbonyl (C=O) groups excluding carboxylic acids is 2. The van der Waals surface area contributed by atoms with Crippen LogP contribution in [0.2, 0.25) is 0 Å². The van der Waals surface area contributed by atoms with E-state index >= 15 is 0 Å². The predicted molar refractivity (Wildman–Crippen MR) is 121 cm³/mol. The zero-order valence-corrected chi connectivity index (χ0v) is 19.1. The van der Waals surface area contributed by atoms with Gasteiger partial charge in [-0.25, -0.2) is 17.6 Å². The van der Waals surface area contributed by atoms with Gasteiger partial charge in [-0.05, 0) is 55.1 Å². The summed E-state index contributed by atoms with van der Waals surface area (Å²) in [5.74, 6) is -2.31. The third kappa shape index (κ3) is 5.54. The number of ether oxygens (including phenoxy) is 1. The molecule has 0 aliphatic heterocycles. The zero-order valence-electron chi connectivity index (χ0n) is 17.5. The Bertz CT molecular complexity index is 1360. The number of para-hydroxylation sites is 1. The number of amides is 1. The van der Waals surface area contributed by atoms with Gasteiger partial charge in [0.05, 0.1) is 21.7 Å². The van der Waals surface area contributed by atoms with Crippen molar-refractivity contribution in [2.45, 2.75) is 24.8 Å². The molecule has 1 unspecified atom stereocenters. The predicted octanol–water partition coefficient (Wildman–Crippen LogP) is 4.05. The van der Waals surface area contributed by atoms with Crippen LogP contribution in [0.3, 0.4) is 0 Å². The third-order valence-corrected chi connectivity index (χ3v) is 6.73. The zero-order chi connectivity index (χ0) is 24.2. The van der Waals surface area contributed by atoms with E-state index in [0.717, 1.165) is 23.5 Å². The number of nitrogens with zero attached hydrogens (tertiary/aromatic N) is 1. The van der Waals surface area contributed by atoms with E-state index in [1.54, 1.807) is 18.4 Å². The Labute approximate surface area is 193 Å². The number of rotatable bonds is 7. The lowest BCUT2D eigenvalue weighted by atomic mass is 10.1. The van der Waals surface area contributed by atoms with Crippen LogP contribution in [0, 0.1) is 24.1 Å². The van der Waals surface area contributed by atoms with E-state index in [9.17, 15) is 22.4 Å². The first kappa shape index (κ1) is 23.9. The molecule has 0 saturated carbocycles. The molecule has 0 bridgehead atoms. The van der Waals surface area contributed by atoms with Crippen molar-refractivity contribution in [2.24, 2.45) is 0 Å². The number of halogens is 1. The van der Waals surface area contributed by atoms with E-state index in [1.807, 2.05) is 6.07 Å². The van der Waals surface area contributed by atoms with Gasteiger partial charge in [-0.15, -0.1) is 11.3 Å². The van der Waals surface area contributed by atoms with Gasteiger partial charge in [0.2, 0.25) is 0 Å². The number of hydrogen-bond donors (Lipinski definition) is 2. The van der Waals surface area contributed by atoms with E-state index in [2.05, 4.69) is 10.0 Å². The minimum absolute atomic E-state index is 0.0695. The van der Waals surface area contributed by atoms with Crippen molar-refractivity contribution in [1.82, 2.24) is 0 Å². The molecule has 0 saturated heterocycles. The van der Waals surface area contributed by atoms with Gasteiger partial charge in [0.25, 0.3) is 15.9 Å². The van der Waals surface area contributed by atoms with Crippen LogP contribution in [-0.2, 0) is 19.6 Å². The number of hydrogen-bond acceptors (Lipinski definition) is 7. The van der Waals surface area contributed by atoms with E-state index in [0.29, 0.717) is 10.6 Å². The number of aryl methyl sites for hydroxylation is 1. The summed E-state index contributed by atoms with van der Waals surface area (Å²) in [6.45, 7) is 2.93. The summed E-state index contributed by atoms with van der Waals surface area (Å²) >= 11 is 1.15. The molecule has 170 valence electrons. The van der Waals surface area contributed by atoms with Gasteiger partial charge in [-0.2, -0.15) is 5.26 Å². The Morgan fingerprint density at radius 1 is 1.18 bits per heavy atom. The Kier molecular flexibility index (Phi) is 7.10. The second-order valence-corrected chi connectivity index (χ2v) is 9.47. The van der Waals surface area contributed by atoms with Gasteiger partial charge in [0.15, 0.2) is 6.10 Å². The van der Waals surface area contributed by atoms with Crippen molar-refractivity contribution >= 4 is 43.9 Å². The maximum atomic E-state index is 13.9. The number of benzene rings is 2. The molecular formula is C22H18FN3O5S2. The van der Waals surface area contributed by atoms with Crippen molar-refractivity contribution in [1.29, 1.82) is 5.26 Å². The molecule has 0 spiro atoms. The molecule has 0 aliphatic rings. The summed E-state index contributed by atoms with van der Waals surface area (Å²) in [6.07, 6.45) is -1.22. The molecule has 3 aromatic rings. The largest absolute Gasteiger partial charge is 0.449 e. The van der Waals surface area contributed by atoms with E-state index in [1.165, 1.54) is 37.3 Å². The highest BCUT2D eigenvalue weighted by molar-refractivity contribution is 7.92. The average Bonchev–Trinajstić information content (AvgIpc) is 3.22. The van der Waals surface area contributed by atoms with Gasteiger partial charge >= 0.3 is 5.97 Å². The summed E-state index contributed by atoms with van der Waals surface area (Å²) in [5.41, 5.74) is 0.392. The van der Waals surface area contributed by atoms with Crippen LogP contribution in [0.1, 0.15) is 28.4 Å². The Balaban J connectivity index is 1.77. The number of nitriles is 1. The second kappa shape index (κ2) is 9.81. The van der Waals surface area contributed by atoms with Gasteiger partial charge in [0, 0.05) is 0 Å². The van der Waals surface area contributed by atoms with Crippen LogP contribution >= 0.6 is 11.3 Å². The van der Waals surface area contributed by atoms with Crippen molar-refractivity contribution in [3.63, 3.8) is 0 Å². The highest BCUT2D eigenvalue weighted by Crippen LogP contribution is 2.24. The summed E-state index contributed by atoms with van der Waals surface area (Å²) < 4.78 is 46.6. The molecule has 1 amide bonds. The molecule has 8 nitrogen and oxygen atoms in total. The Morgan fingerprint density at radius 3 is 2.61 bits per heavy atom. The van der Waals surface area contributed by atoms with E-state index in [4.69, 9.17) is 10.00 Å². The first-order valence-electron chi connectivity index (χ1n) is 9.50. The number of sulfonamides is 1. The number of esters is 1. The van der Waals surface area contributed by atoms with Crippen LogP contribution in [0.15, 0.2) is 58.8 Å². The quantitative estimate of drug-likeness (QED) is 0.484. The summed E-state index contributed by atoms with van der Waals surface area (Å²) in [5, 5.41) is 13.5. The molecule has 0 aliphatic carbocycles. The van der Waals surface area contributed by atoms with Gasteiger partial charge < -0.3 is 10.1 Å². The van der Waals surface area contributed by atoms with Crippen LogP contribution in [-0.4, -0.2) is 26.4 Å². The molecule has 1 heterocycles. The standard InChI is InChI=1S/C22H18FN3O5S2/c1-13-7-8-16(33(29,30)26-19-6-4-3-5-18(19)23)11-17(13)22(28)31-14(2)20(27)25-21-15(12-24)9-10-32-21/h3-11,14,26H,1-2H3,(H,25,27). The Morgan fingerprint density at radius 2 is 1.91 bits per heavy atom. The maximum Gasteiger partial charge on any atom is 0.339 e. The number of nitrogens with one attached hydrogen (secondary N) is 2. The Hall–Kier alpha value is -3.75. The normalized spacial score (nSPS) is 11.8. The molecular weight excluding hydrogens is 469 g/mol. The SMILES string of the molecule is Cc1ccc(S(=O)(=O)Nc2ccccc2F)cc1C(=O)OC(C)C(=O)Nc1sccc1C#N. The van der Waals surface area contributed by atoms with Crippen LogP contribution in [0.25, 0.3) is 0 Å². The fraction of sp³-hybridized carbons (Fsp3) is 0.136. The minimum atomic E-state index is -4.20. The van der Waals surface area contributed by atoms with Crippen molar-refractivity contribution in [3.05, 3.63) is 76.4 Å². The molecule has 11 heteroatoms. The van der Waals surface area contributed by atoms with Crippen molar-refractivity contribution < 1.29 is 27.1 Å². The fourth-order valence-corrected chi connectivity index (χ4v) is 4.55. The fourth-order valence-electron chi connectivity index (χ4n) is 2.72. The average molecular weight is 488 g/mol. The van der Waals surface area contributed by atoms with Crippen LogP contribution in [0.4, 0.5) is 15.1 Å². The van der Waals surface area contributed by atoms with Gasteiger partial charge in [-0.1, -0.05) is 18.2 Å². The number of thiophene rings is 1. The van der Waals surface area contributed by atoms with E-state index in [-0.39, 0.29) is 21.7 Å². The molecule has 0 radical (unpaired) electrons. The van der Waals surface area contributed by atoms with Crippen LogP contribution in [0.5, 0.6) is 0 Å². The molecule has 33 heavy (non-hydrogen) atoms. The summed E-state index contributed by atoms with van der Waals surface area (Å²) in [6, 6.07) is 12.5. The van der Waals surface area contributed by atoms with Crippen molar-refractivity contribution in [2.75, 3.05) is 10.0 Å². The molecule has 2 aromatic carbocycles. The summed E-state index contributed by atoms with van der Waals surface area (Å²) in [7, 11) is -4.20. The first-order valence-corrected chi connectivity index (χ1v) is 11.9. The first-order chi connectivity index (χ1) is 15.6. The number of carbonyl (C=O) groups is 2. The minimum Gasteiger partial charge on any atom is -0.449 e. The molecule has 0 fully saturated rings. The van der Waals surface area contributed by atoms with Crippen LogP contribution < -0.4 is 10.0 Å². The van der Waals surface area contributed by atoms with Gasteiger partial charge in [-0.3, -0.25) is 9.52 Å². The highest BCUT2D eigenvalue weighted by atomic mass is 32.2. The number of anilines is 2. The smallest absolute Gasteiger partial charge is 0.339 e. The molecule has 2 N–H and O–H groups in total. The highest BCUT2D eigenvalue weighted by Gasteiger charge is 2.24. The van der Waals surface area contributed by atoms with Crippen molar-refractivity contribution in [3.8, 4) is 6.07 Å². The maximum absolute atomic E-state index is 13.9. The molecule has 1 aromatic heterocycles. The molecule has 3 rings (SSSR count). The monoisotopic (exact) mass is 487 g/mol. The van der Waals surface area contributed by atoms with Gasteiger partial charge in [0.1, 0.15) is 16.9 Å². The lowest BCUT2D eigenvalue weighted by Crippen LogP contribution is -2.30. The second-order valence-electron chi connectivity index (χ2n) is 6.87. The van der Waals surface area contributed by atoms with E-state index < -0.39 is 33.8 Å².